The van der Waals surface area contributed by atoms with Gasteiger partial charge >= 0.3 is 0 Å². The molecule has 4 nitrogen and oxygen atoms in total. The summed E-state index contributed by atoms with van der Waals surface area (Å²) in [5.41, 5.74) is 1.87. The van der Waals surface area contributed by atoms with Crippen molar-refractivity contribution in [2.75, 3.05) is 13.1 Å². The third-order valence-corrected chi connectivity index (χ3v) is 4.36. The van der Waals surface area contributed by atoms with Crippen molar-refractivity contribution in [2.24, 2.45) is 5.92 Å². The summed E-state index contributed by atoms with van der Waals surface area (Å²) in [4.78, 5) is 14.3. The lowest BCUT2D eigenvalue weighted by Crippen LogP contribution is -2.52. The van der Waals surface area contributed by atoms with E-state index in [-0.39, 0.29) is 11.8 Å². The molecule has 0 saturated carbocycles. The summed E-state index contributed by atoms with van der Waals surface area (Å²) in [6.45, 7) is 7.70. The summed E-state index contributed by atoms with van der Waals surface area (Å²) in [5, 5.41) is 12.1. The van der Waals surface area contributed by atoms with Crippen LogP contribution in [-0.4, -0.2) is 29.4 Å². The topological polar surface area (TPSA) is 56.1 Å². The molecule has 1 aromatic carbocycles. The Morgan fingerprint density at radius 2 is 2.10 bits per heavy atom. The van der Waals surface area contributed by atoms with Gasteiger partial charge in [-0.1, -0.05) is 38.1 Å². The Balaban J connectivity index is 1.95. The predicted octanol–water partition coefficient (Wildman–Crippen LogP) is 2.10. The first-order valence-electron chi connectivity index (χ1n) is 7.46. The van der Waals surface area contributed by atoms with Crippen LogP contribution in [0, 0.1) is 17.2 Å². The van der Waals surface area contributed by atoms with Crippen LogP contribution in [0.1, 0.15) is 31.9 Å². The first-order chi connectivity index (χ1) is 9.94. The van der Waals surface area contributed by atoms with Gasteiger partial charge in [-0.3, -0.25) is 9.69 Å². The Bertz CT molecular complexity index is 561. The molecule has 1 unspecified atom stereocenters. The van der Waals surface area contributed by atoms with Crippen molar-refractivity contribution in [2.45, 2.75) is 39.3 Å². The molecule has 21 heavy (non-hydrogen) atoms. The molecular formula is C17H23N3O. The number of nitrogens with zero attached hydrogens (tertiary/aromatic N) is 2. The highest BCUT2D eigenvalue weighted by Crippen LogP contribution is 2.19. The van der Waals surface area contributed by atoms with Crippen LogP contribution in [-0.2, 0) is 17.8 Å². The van der Waals surface area contributed by atoms with E-state index in [4.69, 9.17) is 0 Å². The minimum Gasteiger partial charge on any atom is -0.337 e. The second-order valence-electron chi connectivity index (χ2n) is 6.25. The molecule has 1 amide bonds. The normalized spacial score (nSPS) is 17.7. The molecule has 1 aliphatic rings. The molecule has 1 N–H and O–H groups in total. The lowest BCUT2D eigenvalue weighted by molar-refractivity contribution is -0.124. The number of fused-ring (bicyclic) bond motifs is 1. The van der Waals surface area contributed by atoms with Crippen LogP contribution in [0.3, 0.4) is 0 Å². The summed E-state index contributed by atoms with van der Waals surface area (Å²) in [6.07, 6.45) is 0.975. The van der Waals surface area contributed by atoms with Crippen molar-refractivity contribution in [3.8, 4) is 6.07 Å². The summed E-state index contributed by atoms with van der Waals surface area (Å²) in [5.74, 6) is 0.000614. The van der Waals surface area contributed by atoms with E-state index in [9.17, 15) is 10.1 Å². The van der Waals surface area contributed by atoms with Gasteiger partial charge in [0.1, 0.15) is 5.54 Å². The summed E-state index contributed by atoms with van der Waals surface area (Å²) < 4.78 is 0. The van der Waals surface area contributed by atoms with Gasteiger partial charge in [-0.15, -0.1) is 0 Å². The van der Waals surface area contributed by atoms with Gasteiger partial charge < -0.3 is 5.32 Å². The molecule has 0 spiro atoms. The van der Waals surface area contributed by atoms with E-state index < -0.39 is 5.54 Å². The number of benzene rings is 1. The van der Waals surface area contributed by atoms with Crippen LogP contribution in [0.2, 0.25) is 0 Å². The number of nitriles is 1. The molecule has 2 rings (SSSR count). The standard InChI is InChI=1S/C17H23N3O/c1-13(2)17(3,12-18)19-16(21)11-20-9-8-14-6-4-5-7-15(14)10-20/h4-7,13H,8-11H2,1-3H3,(H,19,21). The molecule has 4 heteroatoms. The fraction of sp³-hybridized carbons (Fsp3) is 0.529. The quantitative estimate of drug-likeness (QED) is 0.921. The first-order valence-corrected chi connectivity index (χ1v) is 7.46. The maximum atomic E-state index is 12.2. The minimum absolute atomic E-state index is 0.0767. The zero-order chi connectivity index (χ0) is 15.5. The molecule has 0 aliphatic carbocycles. The van der Waals surface area contributed by atoms with E-state index >= 15 is 0 Å². The van der Waals surface area contributed by atoms with Crippen LogP contribution in [0.15, 0.2) is 24.3 Å². The van der Waals surface area contributed by atoms with Gasteiger partial charge in [-0.2, -0.15) is 5.26 Å². The Morgan fingerprint density at radius 1 is 1.43 bits per heavy atom. The molecule has 0 bridgehead atoms. The molecule has 1 aliphatic heterocycles. The lowest BCUT2D eigenvalue weighted by atomic mass is 9.90. The van der Waals surface area contributed by atoms with Crippen LogP contribution < -0.4 is 5.32 Å². The van der Waals surface area contributed by atoms with Crippen LogP contribution in [0.5, 0.6) is 0 Å². The first kappa shape index (κ1) is 15.5. The van der Waals surface area contributed by atoms with E-state index in [0.717, 1.165) is 19.5 Å². The van der Waals surface area contributed by atoms with Crippen molar-refractivity contribution in [3.05, 3.63) is 35.4 Å². The van der Waals surface area contributed by atoms with Crippen LogP contribution in [0.25, 0.3) is 0 Å². The highest BCUT2D eigenvalue weighted by Gasteiger charge is 2.30. The second kappa shape index (κ2) is 6.28. The number of amides is 1. The molecular weight excluding hydrogens is 262 g/mol. The highest BCUT2D eigenvalue weighted by atomic mass is 16.2. The number of hydrogen-bond donors (Lipinski definition) is 1. The van der Waals surface area contributed by atoms with E-state index in [2.05, 4.69) is 34.5 Å². The molecule has 0 radical (unpaired) electrons. The summed E-state index contributed by atoms with van der Waals surface area (Å²) in [6, 6.07) is 10.6. The Labute approximate surface area is 126 Å². The maximum Gasteiger partial charge on any atom is 0.235 e. The van der Waals surface area contributed by atoms with Crippen molar-refractivity contribution in [1.29, 1.82) is 5.26 Å². The zero-order valence-electron chi connectivity index (χ0n) is 13.0. The molecule has 0 fully saturated rings. The van der Waals surface area contributed by atoms with Crippen molar-refractivity contribution in [1.82, 2.24) is 10.2 Å². The molecule has 0 saturated heterocycles. The van der Waals surface area contributed by atoms with Crippen molar-refractivity contribution in [3.63, 3.8) is 0 Å². The molecule has 1 heterocycles. The van der Waals surface area contributed by atoms with Gasteiger partial charge in [0.15, 0.2) is 0 Å². The smallest absolute Gasteiger partial charge is 0.235 e. The summed E-state index contributed by atoms with van der Waals surface area (Å²) >= 11 is 0. The number of rotatable bonds is 4. The molecule has 1 aromatic rings. The fourth-order valence-corrected chi connectivity index (χ4v) is 2.52. The molecule has 1 atom stereocenters. The third kappa shape index (κ3) is 3.62. The van der Waals surface area contributed by atoms with E-state index in [1.807, 2.05) is 19.9 Å². The zero-order valence-corrected chi connectivity index (χ0v) is 13.0. The third-order valence-electron chi connectivity index (χ3n) is 4.36. The van der Waals surface area contributed by atoms with E-state index in [0.29, 0.717) is 6.54 Å². The van der Waals surface area contributed by atoms with E-state index in [1.165, 1.54) is 11.1 Å². The second-order valence-corrected chi connectivity index (χ2v) is 6.25. The fourth-order valence-electron chi connectivity index (χ4n) is 2.52. The average molecular weight is 285 g/mol. The predicted molar refractivity (Wildman–Crippen MR) is 82.4 cm³/mol. The number of nitrogens with one attached hydrogen (secondary N) is 1. The van der Waals surface area contributed by atoms with Gasteiger partial charge in [-0.25, -0.2) is 0 Å². The molecule has 112 valence electrons. The average Bonchev–Trinajstić information content (AvgIpc) is 2.46. The van der Waals surface area contributed by atoms with Gasteiger partial charge in [0.2, 0.25) is 5.91 Å². The van der Waals surface area contributed by atoms with Gasteiger partial charge in [0, 0.05) is 13.1 Å². The summed E-state index contributed by atoms with van der Waals surface area (Å²) in [7, 11) is 0. The van der Waals surface area contributed by atoms with Crippen molar-refractivity contribution < 1.29 is 4.79 Å². The number of carbonyl (C=O) groups is 1. The highest BCUT2D eigenvalue weighted by molar-refractivity contribution is 5.79. The minimum atomic E-state index is -0.801. The van der Waals surface area contributed by atoms with E-state index in [1.54, 1.807) is 6.92 Å². The maximum absolute atomic E-state index is 12.2. The lowest BCUT2D eigenvalue weighted by Gasteiger charge is -2.31. The Kier molecular flexibility index (Phi) is 4.64. The SMILES string of the molecule is CC(C)C(C)(C#N)NC(=O)CN1CCc2ccccc2C1. The van der Waals surface area contributed by atoms with Crippen molar-refractivity contribution >= 4 is 5.91 Å². The Hall–Kier alpha value is -1.86. The number of carbonyl (C=O) groups excluding carboxylic acids is 1. The van der Waals surface area contributed by atoms with Crippen LogP contribution in [0.4, 0.5) is 0 Å². The number of hydrogen-bond acceptors (Lipinski definition) is 3. The molecule has 0 aromatic heterocycles. The Morgan fingerprint density at radius 3 is 2.71 bits per heavy atom. The van der Waals surface area contributed by atoms with Crippen LogP contribution >= 0.6 is 0 Å². The van der Waals surface area contributed by atoms with Gasteiger partial charge in [0.05, 0.1) is 12.6 Å². The monoisotopic (exact) mass is 285 g/mol. The largest absolute Gasteiger partial charge is 0.337 e. The van der Waals surface area contributed by atoms with Gasteiger partial charge in [0.25, 0.3) is 0 Å². The van der Waals surface area contributed by atoms with Gasteiger partial charge in [-0.05, 0) is 30.4 Å².